The van der Waals surface area contributed by atoms with Gasteiger partial charge < -0.3 is 19.5 Å². The average molecular weight is 542 g/mol. The van der Waals surface area contributed by atoms with Gasteiger partial charge in [-0.3, -0.25) is 4.79 Å². The molecule has 0 saturated heterocycles. The molecule has 0 radical (unpaired) electrons. The second kappa shape index (κ2) is 10.6. The van der Waals surface area contributed by atoms with E-state index in [2.05, 4.69) is 17.4 Å². The number of esters is 1. The lowest BCUT2D eigenvalue weighted by Gasteiger charge is -2.37. The Morgan fingerprint density at radius 1 is 1.00 bits per heavy atom. The van der Waals surface area contributed by atoms with Gasteiger partial charge in [0.05, 0.1) is 12.2 Å². The average Bonchev–Trinajstić information content (AvgIpc) is 3.40. The number of dihydropyridines is 1. The molecule has 0 bridgehead atoms. The van der Waals surface area contributed by atoms with Crippen molar-refractivity contribution >= 4 is 23.4 Å². The fraction of sp³-hybridized carbons (Fsp3) is 0.250. The van der Waals surface area contributed by atoms with Crippen LogP contribution >= 0.6 is 11.6 Å². The first kappa shape index (κ1) is 25.3. The van der Waals surface area contributed by atoms with Crippen molar-refractivity contribution in [1.29, 1.82) is 0 Å². The molecule has 2 aliphatic heterocycles. The highest BCUT2D eigenvalue weighted by Crippen LogP contribution is 2.49. The summed E-state index contributed by atoms with van der Waals surface area (Å²) in [5, 5.41) is 3.80. The van der Waals surface area contributed by atoms with Crippen LogP contribution in [0.2, 0.25) is 5.02 Å². The summed E-state index contributed by atoms with van der Waals surface area (Å²) in [6.45, 7) is 2.16. The lowest BCUT2D eigenvalue weighted by molar-refractivity contribution is -0.139. The highest BCUT2D eigenvalue weighted by molar-refractivity contribution is 6.32. The van der Waals surface area contributed by atoms with Crippen LogP contribution in [0.1, 0.15) is 48.3 Å². The van der Waals surface area contributed by atoms with E-state index >= 15 is 0 Å². The number of benzene rings is 3. The molecule has 3 aromatic rings. The predicted octanol–water partition coefficient (Wildman–Crippen LogP) is 6.22. The second-order valence-electron chi connectivity index (χ2n) is 10.0. The van der Waals surface area contributed by atoms with Crippen molar-refractivity contribution in [2.75, 3.05) is 13.4 Å². The van der Waals surface area contributed by atoms with Gasteiger partial charge in [-0.1, -0.05) is 72.3 Å². The maximum atomic E-state index is 13.8. The highest BCUT2D eigenvalue weighted by atomic mass is 35.5. The number of carbonyl (C=O) groups is 2. The number of fused-ring (bicyclic) bond motifs is 1. The summed E-state index contributed by atoms with van der Waals surface area (Å²) in [6, 6.07) is 23.4. The largest absolute Gasteiger partial charge is 0.462 e. The molecule has 3 aliphatic rings. The van der Waals surface area contributed by atoms with Crippen LogP contribution in [0.4, 0.5) is 0 Å². The van der Waals surface area contributed by atoms with Crippen molar-refractivity contribution in [3.05, 3.63) is 117 Å². The lowest BCUT2D eigenvalue weighted by atomic mass is 9.71. The van der Waals surface area contributed by atoms with E-state index in [-0.39, 0.29) is 25.1 Å². The molecule has 0 fully saturated rings. The first-order valence-electron chi connectivity index (χ1n) is 13.1. The molecule has 6 nitrogen and oxygen atoms in total. The van der Waals surface area contributed by atoms with E-state index in [1.54, 1.807) is 12.1 Å². The first-order valence-corrected chi connectivity index (χ1v) is 13.5. The summed E-state index contributed by atoms with van der Waals surface area (Å²) in [5.74, 6) is -0.0482. The molecule has 0 spiro atoms. The second-order valence-corrected chi connectivity index (χ2v) is 10.4. The Morgan fingerprint density at radius 3 is 2.44 bits per heavy atom. The number of ether oxygens (including phenoxy) is 3. The van der Waals surface area contributed by atoms with Gasteiger partial charge in [-0.05, 0) is 42.0 Å². The van der Waals surface area contributed by atoms with Gasteiger partial charge in [-0.25, -0.2) is 4.79 Å². The van der Waals surface area contributed by atoms with Crippen molar-refractivity contribution in [1.82, 2.24) is 5.32 Å². The van der Waals surface area contributed by atoms with Crippen LogP contribution in [-0.2, 0) is 20.7 Å². The molecule has 0 saturated carbocycles. The number of hydrogen-bond donors (Lipinski definition) is 1. The van der Waals surface area contributed by atoms with E-state index < -0.39 is 11.9 Å². The van der Waals surface area contributed by atoms with E-state index in [0.717, 1.165) is 16.8 Å². The van der Waals surface area contributed by atoms with Crippen LogP contribution in [0.5, 0.6) is 11.5 Å². The van der Waals surface area contributed by atoms with Crippen molar-refractivity contribution in [2.45, 2.75) is 38.0 Å². The standard InChI is InChI=1S/C32H28ClNO5/c1-19-29(32(36)37-13-12-20-8-4-2-5-9-20)30(23-16-27-28(17-24(23)33)39-18-38-27)31-25(34-19)14-22(15-26(31)35)21-10-6-3-7-11-21/h2-11,16-17,22,30,34H,12-15,18H2,1H3/t22-,30-/m0/s1. The Bertz CT molecular complexity index is 1500. The Balaban J connectivity index is 1.37. The van der Waals surface area contributed by atoms with E-state index in [1.165, 1.54) is 0 Å². The number of Topliss-reactive ketones (excluding diaryl/α,β-unsaturated/α-hetero) is 1. The van der Waals surface area contributed by atoms with Crippen LogP contribution < -0.4 is 14.8 Å². The number of nitrogens with one attached hydrogen (secondary N) is 1. The molecule has 39 heavy (non-hydrogen) atoms. The predicted molar refractivity (Wildman–Crippen MR) is 148 cm³/mol. The summed E-state index contributed by atoms with van der Waals surface area (Å²) >= 11 is 6.78. The molecule has 3 aromatic carbocycles. The summed E-state index contributed by atoms with van der Waals surface area (Å²) < 4.78 is 16.9. The zero-order valence-electron chi connectivity index (χ0n) is 21.5. The fourth-order valence-corrected chi connectivity index (χ4v) is 5.98. The molecule has 1 aliphatic carbocycles. The molecule has 0 unspecified atom stereocenters. The number of ketones is 1. The molecule has 0 amide bonds. The minimum absolute atomic E-state index is 0.0153. The Kier molecular flexibility index (Phi) is 6.88. The number of rotatable bonds is 6. The van der Waals surface area contributed by atoms with Gasteiger partial charge in [0.1, 0.15) is 0 Å². The van der Waals surface area contributed by atoms with Crippen LogP contribution in [0.3, 0.4) is 0 Å². The highest BCUT2D eigenvalue weighted by Gasteiger charge is 2.42. The normalized spacial score (nSPS) is 20.0. The van der Waals surface area contributed by atoms with Crippen LogP contribution in [0, 0.1) is 0 Å². The fourth-order valence-electron chi connectivity index (χ4n) is 5.72. The smallest absolute Gasteiger partial charge is 0.336 e. The van der Waals surface area contributed by atoms with Gasteiger partial charge in [0.25, 0.3) is 0 Å². The maximum absolute atomic E-state index is 13.8. The minimum Gasteiger partial charge on any atom is -0.462 e. The van der Waals surface area contributed by atoms with Crippen molar-refractivity contribution < 1.29 is 23.8 Å². The van der Waals surface area contributed by atoms with Crippen LogP contribution in [0.15, 0.2) is 95.3 Å². The van der Waals surface area contributed by atoms with Gasteiger partial charge in [0.15, 0.2) is 17.3 Å². The van der Waals surface area contributed by atoms with E-state index in [4.69, 9.17) is 25.8 Å². The number of allylic oxidation sites excluding steroid dienone is 3. The summed E-state index contributed by atoms with van der Waals surface area (Å²) in [7, 11) is 0. The quantitative estimate of drug-likeness (QED) is 0.374. The number of carbonyl (C=O) groups excluding carboxylic acids is 2. The van der Waals surface area contributed by atoms with Crippen molar-refractivity contribution in [3.63, 3.8) is 0 Å². The van der Waals surface area contributed by atoms with Gasteiger partial charge in [-0.2, -0.15) is 0 Å². The Morgan fingerprint density at radius 2 is 1.69 bits per heavy atom. The van der Waals surface area contributed by atoms with Gasteiger partial charge in [0, 0.05) is 46.8 Å². The van der Waals surface area contributed by atoms with Crippen molar-refractivity contribution in [3.8, 4) is 11.5 Å². The molecule has 198 valence electrons. The number of halogens is 1. The topological polar surface area (TPSA) is 73.9 Å². The third kappa shape index (κ3) is 4.92. The summed E-state index contributed by atoms with van der Waals surface area (Å²) in [4.78, 5) is 27.5. The monoisotopic (exact) mass is 541 g/mol. The van der Waals surface area contributed by atoms with Gasteiger partial charge in [0.2, 0.25) is 6.79 Å². The molecule has 7 heteroatoms. The summed E-state index contributed by atoms with van der Waals surface area (Å²) in [6.07, 6.45) is 1.59. The summed E-state index contributed by atoms with van der Waals surface area (Å²) in [5.41, 5.74) is 5.22. The first-order chi connectivity index (χ1) is 19.0. The van der Waals surface area contributed by atoms with E-state index in [9.17, 15) is 9.59 Å². The molecule has 2 atom stereocenters. The minimum atomic E-state index is -0.684. The third-order valence-corrected chi connectivity index (χ3v) is 7.92. The molecule has 0 aromatic heterocycles. The zero-order chi connectivity index (χ0) is 26.9. The Labute approximate surface area is 232 Å². The van der Waals surface area contributed by atoms with Gasteiger partial charge >= 0.3 is 5.97 Å². The molecule has 6 rings (SSSR count). The molecule has 2 heterocycles. The molecule has 1 N–H and O–H groups in total. The van der Waals surface area contributed by atoms with E-state index in [0.29, 0.717) is 58.2 Å². The van der Waals surface area contributed by atoms with Crippen LogP contribution in [-0.4, -0.2) is 25.2 Å². The third-order valence-electron chi connectivity index (χ3n) is 7.59. The maximum Gasteiger partial charge on any atom is 0.336 e. The molecular weight excluding hydrogens is 514 g/mol. The Hall–Kier alpha value is -4.03. The van der Waals surface area contributed by atoms with Crippen molar-refractivity contribution in [2.24, 2.45) is 0 Å². The zero-order valence-corrected chi connectivity index (χ0v) is 22.3. The van der Waals surface area contributed by atoms with Gasteiger partial charge in [-0.15, -0.1) is 0 Å². The molecular formula is C32H28ClNO5. The van der Waals surface area contributed by atoms with Crippen LogP contribution in [0.25, 0.3) is 0 Å². The number of hydrogen-bond acceptors (Lipinski definition) is 6. The SMILES string of the molecule is CC1=C(C(=O)OCCc2ccccc2)[C@H](c2cc3c(cc2Cl)OCO3)C2=C(C[C@H](c3ccccc3)CC2=O)N1. The lowest BCUT2D eigenvalue weighted by Crippen LogP contribution is -2.36. The van der Waals surface area contributed by atoms with E-state index in [1.807, 2.05) is 55.5 Å².